The Hall–Kier alpha value is -1.06. The monoisotopic (exact) mass is 257 g/mol. The van der Waals surface area contributed by atoms with Crippen LogP contribution in [0.15, 0.2) is 18.2 Å². The number of carbonyl (C=O) groups excluding carboxylic acids is 2. The fraction of sp³-hybridized carbons (Fsp3) is 0.273. The lowest BCUT2D eigenvalue weighted by Crippen LogP contribution is -2.24. The van der Waals surface area contributed by atoms with Crippen molar-refractivity contribution in [3.8, 4) is 0 Å². The molecule has 0 radical (unpaired) electrons. The molecular formula is C11H9Cl2NO2. The van der Waals surface area contributed by atoms with Crippen LogP contribution in [-0.2, 0) is 16.1 Å². The lowest BCUT2D eigenvalue weighted by atomic mass is 10.2. The van der Waals surface area contributed by atoms with Gasteiger partial charge in [-0.05, 0) is 17.7 Å². The number of carbonyl (C=O) groups is 2. The van der Waals surface area contributed by atoms with Gasteiger partial charge in [0.15, 0.2) is 5.78 Å². The summed E-state index contributed by atoms with van der Waals surface area (Å²) >= 11 is 11.6. The lowest BCUT2D eigenvalue weighted by Gasteiger charge is -2.14. The standard InChI is InChI=1S/C11H9Cl2NO2/c12-9-2-1-7(3-10(9)13)5-14-6-8(15)4-11(14)16/h1-3H,4-6H2. The van der Waals surface area contributed by atoms with E-state index in [9.17, 15) is 9.59 Å². The van der Waals surface area contributed by atoms with Crippen LogP contribution in [0.4, 0.5) is 0 Å². The molecule has 16 heavy (non-hydrogen) atoms. The molecule has 1 fully saturated rings. The van der Waals surface area contributed by atoms with E-state index in [0.29, 0.717) is 16.6 Å². The Morgan fingerprint density at radius 1 is 1.19 bits per heavy atom. The summed E-state index contributed by atoms with van der Waals surface area (Å²) in [5.41, 5.74) is 0.873. The van der Waals surface area contributed by atoms with Crippen LogP contribution in [0.5, 0.6) is 0 Å². The van der Waals surface area contributed by atoms with Crippen LogP contribution < -0.4 is 0 Å². The zero-order chi connectivity index (χ0) is 11.7. The Bertz CT molecular complexity index is 459. The molecule has 0 aliphatic carbocycles. The molecule has 1 heterocycles. The number of nitrogens with zero attached hydrogens (tertiary/aromatic N) is 1. The highest BCUT2D eigenvalue weighted by Gasteiger charge is 2.27. The second-order valence-corrected chi connectivity index (χ2v) is 4.53. The Morgan fingerprint density at radius 2 is 1.94 bits per heavy atom. The van der Waals surface area contributed by atoms with E-state index in [1.165, 1.54) is 4.90 Å². The summed E-state index contributed by atoms with van der Waals surface area (Å²) in [6, 6.07) is 5.19. The second kappa shape index (κ2) is 4.44. The third-order valence-corrected chi connectivity index (χ3v) is 3.16. The number of likely N-dealkylation sites (tertiary alicyclic amines) is 1. The van der Waals surface area contributed by atoms with Crippen molar-refractivity contribution >= 4 is 34.9 Å². The van der Waals surface area contributed by atoms with Crippen molar-refractivity contribution in [2.75, 3.05) is 6.54 Å². The van der Waals surface area contributed by atoms with Crippen molar-refractivity contribution in [1.82, 2.24) is 4.90 Å². The molecule has 2 rings (SSSR count). The first-order chi connectivity index (χ1) is 7.56. The molecule has 1 amide bonds. The van der Waals surface area contributed by atoms with Gasteiger partial charge < -0.3 is 4.90 Å². The van der Waals surface area contributed by atoms with Gasteiger partial charge >= 0.3 is 0 Å². The Balaban J connectivity index is 2.12. The topological polar surface area (TPSA) is 37.4 Å². The normalized spacial score (nSPS) is 16.0. The summed E-state index contributed by atoms with van der Waals surface area (Å²) < 4.78 is 0. The van der Waals surface area contributed by atoms with Gasteiger partial charge in [-0.25, -0.2) is 0 Å². The largest absolute Gasteiger partial charge is 0.331 e. The highest BCUT2D eigenvalue weighted by atomic mass is 35.5. The average Bonchev–Trinajstić information content (AvgIpc) is 2.51. The summed E-state index contributed by atoms with van der Waals surface area (Å²) in [6.07, 6.45) is 0.0152. The van der Waals surface area contributed by atoms with Gasteiger partial charge in [-0.3, -0.25) is 9.59 Å². The molecule has 0 spiro atoms. The molecule has 1 aromatic rings. The summed E-state index contributed by atoms with van der Waals surface area (Å²) in [7, 11) is 0. The smallest absolute Gasteiger partial charge is 0.230 e. The van der Waals surface area contributed by atoms with E-state index in [1.807, 2.05) is 0 Å². The number of hydrogen-bond donors (Lipinski definition) is 0. The minimum Gasteiger partial charge on any atom is -0.331 e. The fourth-order valence-electron chi connectivity index (χ4n) is 1.64. The molecule has 84 valence electrons. The van der Waals surface area contributed by atoms with E-state index in [1.54, 1.807) is 18.2 Å². The molecule has 0 unspecified atom stereocenters. The lowest BCUT2D eigenvalue weighted by molar-refractivity contribution is -0.128. The van der Waals surface area contributed by atoms with Crippen LogP contribution in [0.1, 0.15) is 12.0 Å². The predicted molar refractivity (Wildman–Crippen MR) is 61.5 cm³/mol. The van der Waals surface area contributed by atoms with Crippen molar-refractivity contribution in [2.45, 2.75) is 13.0 Å². The molecular weight excluding hydrogens is 249 g/mol. The minimum absolute atomic E-state index is 0.0152. The SMILES string of the molecule is O=C1CC(=O)N(Cc2ccc(Cl)c(Cl)c2)C1. The van der Waals surface area contributed by atoms with Gasteiger partial charge in [-0.15, -0.1) is 0 Å². The number of benzene rings is 1. The first kappa shape index (κ1) is 11.4. The van der Waals surface area contributed by atoms with Gasteiger partial charge in [0.2, 0.25) is 5.91 Å². The average molecular weight is 258 g/mol. The highest BCUT2D eigenvalue weighted by Crippen LogP contribution is 2.23. The maximum absolute atomic E-state index is 11.4. The van der Waals surface area contributed by atoms with Crippen LogP contribution in [0.25, 0.3) is 0 Å². The summed E-state index contributed by atoms with van der Waals surface area (Å²) in [4.78, 5) is 24.0. The number of rotatable bonds is 2. The number of ketones is 1. The Kier molecular flexibility index (Phi) is 3.17. The van der Waals surface area contributed by atoms with Crippen LogP contribution in [0.2, 0.25) is 10.0 Å². The van der Waals surface area contributed by atoms with Crippen molar-refractivity contribution in [2.24, 2.45) is 0 Å². The molecule has 0 atom stereocenters. The maximum atomic E-state index is 11.4. The summed E-state index contributed by atoms with van der Waals surface area (Å²) in [6.45, 7) is 0.598. The second-order valence-electron chi connectivity index (χ2n) is 3.71. The minimum atomic E-state index is -0.129. The van der Waals surface area contributed by atoms with E-state index in [4.69, 9.17) is 23.2 Å². The van der Waals surface area contributed by atoms with Crippen LogP contribution in [-0.4, -0.2) is 23.1 Å². The van der Waals surface area contributed by atoms with E-state index >= 15 is 0 Å². The molecule has 5 heteroatoms. The van der Waals surface area contributed by atoms with Crippen molar-refractivity contribution < 1.29 is 9.59 Å². The number of halogens is 2. The number of hydrogen-bond acceptors (Lipinski definition) is 2. The van der Waals surface area contributed by atoms with Gasteiger partial charge in [-0.2, -0.15) is 0 Å². The number of Topliss-reactive ketones (excluding diaryl/α,β-unsaturated/α-hetero) is 1. The van der Waals surface area contributed by atoms with Gasteiger partial charge in [0.05, 0.1) is 23.0 Å². The third kappa shape index (κ3) is 2.36. The van der Waals surface area contributed by atoms with Crippen molar-refractivity contribution in [3.05, 3.63) is 33.8 Å². The highest BCUT2D eigenvalue weighted by molar-refractivity contribution is 6.42. The Labute approximate surface area is 103 Å². The van der Waals surface area contributed by atoms with E-state index < -0.39 is 0 Å². The molecule has 0 saturated carbocycles. The molecule has 1 aliphatic heterocycles. The molecule has 0 aromatic heterocycles. The quantitative estimate of drug-likeness (QED) is 0.763. The zero-order valence-electron chi connectivity index (χ0n) is 8.37. The molecule has 1 aromatic carbocycles. The summed E-state index contributed by atoms with van der Waals surface area (Å²) in [5.74, 6) is -0.166. The van der Waals surface area contributed by atoms with Crippen LogP contribution in [0.3, 0.4) is 0 Å². The van der Waals surface area contributed by atoms with Gasteiger partial charge in [0, 0.05) is 6.54 Å². The molecule has 3 nitrogen and oxygen atoms in total. The molecule has 0 N–H and O–H groups in total. The first-order valence-corrected chi connectivity index (χ1v) is 5.55. The van der Waals surface area contributed by atoms with Gasteiger partial charge in [0.25, 0.3) is 0 Å². The predicted octanol–water partition coefficient (Wildman–Crippen LogP) is 2.29. The molecule has 1 aliphatic rings. The van der Waals surface area contributed by atoms with E-state index in [2.05, 4.69) is 0 Å². The number of amides is 1. The van der Waals surface area contributed by atoms with Gasteiger partial charge in [0.1, 0.15) is 0 Å². The van der Waals surface area contributed by atoms with E-state index in [-0.39, 0.29) is 24.7 Å². The third-order valence-electron chi connectivity index (χ3n) is 2.43. The van der Waals surface area contributed by atoms with E-state index in [0.717, 1.165) is 5.56 Å². The van der Waals surface area contributed by atoms with Crippen molar-refractivity contribution in [1.29, 1.82) is 0 Å². The zero-order valence-corrected chi connectivity index (χ0v) is 9.88. The van der Waals surface area contributed by atoms with Crippen molar-refractivity contribution in [3.63, 3.8) is 0 Å². The Morgan fingerprint density at radius 3 is 2.50 bits per heavy atom. The van der Waals surface area contributed by atoms with Gasteiger partial charge in [-0.1, -0.05) is 29.3 Å². The van der Waals surface area contributed by atoms with Crippen LogP contribution >= 0.6 is 23.2 Å². The molecule has 1 saturated heterocycles. The fourth-order valence-corrected chi connectivity index (χ4v) is 1.96. The summed E-state index contributed by atoms with van der Waals surface area (Å²) in [5, 5.41) is 0.936. The van der Waals surface area contributed by atoms with Crippen LogP contribution in [0, 0.1) is 0 Å². The molecule has 0 bridgehead atoms. The maximum Gasteiger partial charge on any atom is 0.230 e. The first-order valence-electron chi connectivity index (χ1n) is 4.79.